The van der Waals surface area contributed by atoms with Gasteiger partial charge in [-0.2, -0.15) is 0 Å². The number of esters is 1. The van der Waals surface area contributed by atoms with Crippen molar-refractivity contribution < 1.29 is 14.3 Å². The minimum Gasteiger partial charge on any atom is -0.456 e. The molecule has 0 saturated heterocycles. The second-order valence-corrected chi connectivity index (χ2v) is 4.24. The van der Waals surface area contributed by atoms with Crippen molar-refractivity contribution in [1.29, 1.82) is 0 Å². The third-order valence-electron chi connectivity index (χ3n) is 1.68. The Morgan fingerprint density at radius 3 is 1.94 bits per heavy atom. The average molecular weight is 236 g/mol. The van der Waals surface area contributed by atoms with Crippen molar-refractivity contribution in [3.8, 4) is 0 Å². The second-order valence-electron chi connectivity index (χ2n) is 4.24. The van der Waals surface area contributed by atoms with Gasteiger partial charge in [0.15, 0.2) is 0 Å². The monoisotopic (exact) mass is 236 g/mol. The molecule has 3 heteroatoms. The van der Waals surface area contributed by atoms with Gasteiger partial charge in [0.25, 0.3) is 0 Å². The molecule has 0 bridgehead atoms. The number of aldehydes is 1. The first-order valence-electron chi connectivity index (χ1n) is 5.71. The molecule has 0 atom stereocenters. The molecule has 0 aliphatic carbocycles. The summed E-state index contributed by atoms with van der Waals surface area (Å²) < 4.78 is 5.17. The Bertz CT molecular complexity index is 358. The number of ether oxygens (including phenoxy) is 1. The number of hydrogen-bond donors (Lipinski definition) is 0. The van der Waals surface area contributed by atoms with Crippen LogP contribution < -0.4 is 0 Å². The molecule has 0 aliphatic heterocycles. The first-order chi connectivity index (χ1) is 7.92. The van der Waals surface area contributed by atoms with Gasteiger partial charge in [0.05, 0.1) is 5.56 Å². The first kappa shape index (κ1) is 15.4. The summed E-state index contributed by atoms with van der Waals surface area (Å²) >= 11 is 0. The molecule has 1 aromatic rings. The van der Waals surface area contributed by atoms with Gasteiger partial charge in [-0.15, -0.1) is 0 Å². The van der Waals surface area contributed by atoms with E-state index in [1.54, 1.807) is 24.3 Å². The highest BCUT2D eigenvalue weighted by atomic mass is 16.6. The van der Waals surface area contributed by atoms with Crippen LogP contribution in [0.15, 0.2) is 24.3 Å². The molecule has 1 aromatic carbocycles. The summed E-state index contributed by atoms with van der Waals surface area (Å²) in [6.45, 7) is 9.43. The predicted molar refractivity (Wildman–Crippen MR) is 68.3 cm³/mol. The molecule has 17 heavy (non-hydrogen) atoms. The number of carbonyl (C=O) groups is 2. The lowest BCUT2D eigenvalue weighted by molar-refractivity contribution is 0.00694. The van der Waals surface area contributed by atoms with Crippen LogP contribution in [0.5, 0.6) is 0 Å². The third kappa shape index (κ3) is 5.85. The van der Waals surface area contributed by atoms with Crippen molar-refractivity contribution in [2.45, 2.75) is 40.2 Å². The standard InChI is InChI=1S/C12H14O3.C2H6/c1-12(2,3)15-11(14)10-6-4-9(8-13)5-7-10;1-2/h4-8H,1-3H3;1-2H3. The largest absolute Gasteiger partial charge is 0.456 e. The normalized spacial score (nSPS) is 9.94. The molecule has 0 unspecified atom stereocenters. The van der Waals surface area contributed by atoms with Gasteiger partial charge in [0, 0.05) is 5.56 Å². The van der Waals surface area contributed by atoms with Crippen LogP contribution in [0, 0.1) is 0 Å². The summed E-state index contributed by atoms with van der Waals surface area (Å²) in [5.74, 6) is -0.375. The lowest BCUT2D eigenvalue weighted by Gasteiger charge is -2.19. The molecular weight excluding hydrogens is 216 g/mol. The maximum Gasteiger partial charge on any atom is 0.338 e. The van der Waals surface area contributed by atoms with Crippen molar-refractivity contribution in [3.05, 3.63) is 35.4 Å². The Morgan fingerprint density at radius 1 is 1.12 bits per heavy atom. The molecule has 0 N–H and O–H groups in total. The molecule has 0 amide bonds. The molecule has 0 spiro atoms. The summed E-state index contributed by atoms with van der Waals surface area (Å²) in [6.07, 6.45) is 0.735. The van der Waals surface area contributed by atoms with Gasteiger partial charge in [-0.05, 0) is 32.9 Å². The van der Waals surface area contributed by atoms with Crippen LogP contribution in [-0.2, 0) is 4.74 Å². The van der Waals surface area contributed by atoms with E-state index in [2.05, 4.69) is 0 Å². The summed E-state index contributed by atoms with van der Waals surface area (Å²) in [5.41, 5.74) is 0.498. The molecule has 94 valence electrons. The van der Waals surface area contributed by atoms with E-state index in [-0.39, 0.29) is 5.97 Å². The zero-order chi connectivity index (χ0) is 13.5. The fourth-order valence-electron chi connectivity index (χ4n) is 1.03. The number of hydrogen-bond acceptors (Lipinski definition) is 3. The van der Waals surface area contributed by atoms with Crippen molar-refractivity contribution in [3.63, 3.8) is 0 Å². The molecule has 0 fully saturated rings. The maximum atomic E-state index is 11.5. The van der Waals surface area contributed by atoms with Crippen molar-refractivity contribution in [2.75, 3.05) is 0 Å². The van der Waals surface area contributed by atoms with E-state index in [1.807, 2.05) is 34.6 Å². The smallest absolute Gasteiger partial charge is 0.338 e. The van der Waals surface area contributed by atoms with Gasteiger partial charge in [0.1, 0.15) is 11.9 Å². The lowest BCUT2D eigenvalue weighted by Crippen LogP contribution is -2.23. The van der Waals surface area contributed by atoms with Crippen LogP contribution in [0.3, 0.4) is 0 Å². The van der Waals surface area contributed by atoms with Gasteiger partial charge in [0.2, 0.25) is 0 Å². The summed E-state index contributed by atoms with van der Waals surface area (Å²) in [5, 5.41) is 0. The van der Waals surface area contributed by atoms with E-state index in [1.165, 1.54) is 0 Å². The summed E-state index contributed by atoms with van der Waals surface area (Å²) in [7, 11) is 0. The quantitative estimate of drug-likeness (QED) is 0.583. The summed E-state index contributed by atoms with van der Waals surface area (Å²) in [4.78, 5) is 21.9. The van der Waals surface area contributed by atoms with E-state index >= 15 is 0 Å². The Kier molecular flexibility index (Phi) is 6.18. The minimum atomic E-state index is -0.500. The van der Waals surface area contributed by atoms with Crippen LogP contribution >= 0.6 is 0 Å². The molecule has 0 aliphatic rings. The SMILES string of the molecule is CC.CC(C)(C)OC(=O)c1ccc(C=O)cc1. The summed E-state index contributed by atoms with van der Waals surface area (Å²) in [6, 6.07) is 6.34. The third-order valence-corrected chi connectivity index (χ3v) is 1.68. The molecule has 3 nitrogen and oxygen atoms in total. The van der Waals surface area contributed by atoms with Crippen LogP contribution in [0.2, 0.25) is 0 Å². The fourth-order valence-corrected chi connectivity index (χ4v) is 1.03. The van der Waals surface area contributed by atoms with Gasteiger partial charge in [-0.25, -0.2) is 4.79 Å². The number of rotatable bonds is 2. The van der Waals surface area contributed by atoms with Gasteiger partial charge in [-0.3, -0.25) is 4.79 Å². The molecule has 0 saturated carbocycles. The van der Waals surface area contributed by atoms with E-state index in [4.69, 9.17) is 4.74 Å². The van der Waals surface area contributed by atoms with E-state index in [9.17, 15) is 9.59 Å². The number of benzene rings is 1. The van der Waals surface area contributed by atoms with Crippen LogP contribution in [-0.4, -0.2) is 17.9 Å². The Morgan fingerprint density at radius 2 is 1.59 bits per heavy atom. The molecular formula is C14H20O3. The van der Waals surface area contributed by atoms with Gasteiger partial charge in [-0.1, -0.05) is 26.0 Å². The molecule has 1 rings (SSSR count). The fraction of sp³-hybridized carbons (Fsp3) is 0.429. The Hall–Kier alpha value is -1.64. The highest BCUT2D eigenvalue weighted by Gasteiger charge is 2.17. The highest BCUT2D eigenvalue weighted by Crippen LogP contribution is 2.12. The Labute approximate surface area is 103 Å². The minimum absolute atomic E-state index is 0.375. The zero-order valence-electron chi connectivity index (χ0n) is 11.1. The van der Waals surface area contributed by atoms with Crippen molar-refractivity contribution in [1.82, 2.24) is 0 Å². The van der Waals surface area contributed by atoms with Gasteiger partial charge < -0.3 is 4.74 Å². The van der Waals surface area contributed by atoms with E-state index < -0.39 is 5.60 Å². The van der Waals surface area contributed by atoms with Crippen molar-refractivity contribution >= 4 is 12.3 Å². The van der Waals surface area contributed by atoms with Crippen LogP contribution in [0.25, 0.3) is 0 Å². The molecule has 0 heterocycles. The average Bonchev–Trinajstić information content (AvgIpc) is 2.29. The topological polar surface area (TPSA) is 43.4 Å². The zero-order valence-corrected chi connectivity index (χ0v) is 11.1. The van der Waals surface area contributed by atoms with E-state index in [0.29, 0.717) is 11.1 Å². The van der Waals surface area contributed by atoms with Crippen LogP contribution in [0.1, 0.15) is 55.3 Å². The number of carbonyl (C=O) groups excluding carboxylic acids is 2. The van der Waals surface area contributed by atoms with Gasteiger partial charge >= 0.3 is 5.97 Å². The molecule has 0 radical (unpaired) electrons. The lowest BCUT2D eigenvalue weighted by atomic mass is 10.1. The highest BCUT2D eigenvalue weighted by molar-refractivity contribution is 5.90. The second kappa shape index (κ2) is 6.84. The Balaban J connectivity index is 0.00000121. The van der Waals surface area contributed by atoms with Crippen LogP contribution in [0.4, 0.5) is 0 Å². The first-order valence-corrected chi connectivity index (χ1v) is 5.71. The maximum absolute atomic E-state index is 11.5. The predicted octanol–water partition coefficient (Wildman–Crippen LogP) is 3.48. The van der Waals surface area contributed by atoms with Crippen molar-refractivity contribution in [2.24, 2.45) is 0 Å². The molecule has 0 aromatic heterocycles. The van der Waals surface area contributed by atoms with E-state index in [0.717, 1.165) is 6.29 Å².